The number of amides is 1. The minimum Gasteiger partial charge on any atom is -0.307 e. The zero-order valence-electron chi connectivity index (χ0n) is 19.2. The fraction of sp³-hybridized carbons (Fsp3) is 0.296. The Balaban J connectivity index is 1.41. The van der Waals surface area contributed by atoms with E-state index < -0.39 is 0 Å². The number of pyridine rings is 1. The van der Waals surface area contributed by atoms with Crippen LogP contribution in [0.4, 0.5) is 5.82 Å². The van der Waals surface area contributed by atoms with E-state index in [-0.39, 0.29) is 5.91 Å². The summed E-state index contributed by atoms with van der Waals surface area (Å²) >= 11 is 0. The summed E-state index contributed by atoms with van der Waals surface area (Å²) in [6, 6.07) is 15.8. The maximum atomic E-state index is 12.6. The van der Waals surface area contributed by atoms with Crippen LogP contribution < -0.4 is 5.32 Å². The van der Waals surface area contributed by atoms with Crippen molar-refractivity contribution in [1.29, 1.82) is 0 Å². The minimum atomic E-state index is -0.158. The van der Waals surface area contributed by atoms with Crippen molar-refractivity contribution in [1.82, 2.24) is 19.7 Å². The Kier molecular flexibility index (Phi) is 5.92. The average molecular weight is 440 g/mol. The van der Waals surface area contributed by atoms with Gasteiger partial charge in [-0.3, -0.25) is 14.4 Å². The largest absolute Gasteiger partial charge is 0.307 e. The van der Waals surface area contributed by atoms with E-state index in [0.717, 1.165) is 47.1 Å². The van der Waals surface area contributed by atoms with Gasteiger partial charge in [0.25, 0.3) is 5.91 Å². The number of nitrogens with zero attached hydrogens (tertiary/aromatic N) is 4. The lowest BCUT2D eigenvalue weighted by molar-refractivity contribution is 0.102. The lowest BCUT2D eigenvalue weighted by Gasteiger charge is -2.26. The summed E-state index contributed by atoms with van der Waals surface area (Å²) in [5.74, 6) is 0.388. The highest BCUT2D eigenvalue weighted by atomic mass is 16.1. The van der Waals surface area contributed by atoms with Gasteiger partial charge >= 0.3 is 0 Å². The van der Waals surface area contributed by atoms with E-state index in [1.54, 1.807) is 0 Å². The molecule has 4 aromatic rings. The summed E-state index contributed by atoms with van der Waals surface area (Å²) in [4.78, 5) is 19.6. The molecule has 0 aliphatic carbocycles. The maximum absolute atomic E-state index is 12.6. The fourth-order valence-electron chi connectivity index (χ4n) is 4.49. The standard InChI is InChI=1S/C27H29N5O/c1-19-6-8-20(9-7-19)27(33)30-26-15-23-14-21(10-11-22(23)16-28-26)24-17-29-31(2)25(24)18-32-12-4-3-5-13-32/h6-11,14-17H,3-5,12-13,18H2,1-2H3,(H,28,30,33). The first kappa shape index (κ1) is 21.3. The molecule has 6 nitrogen and oxygen atoms in total. The van der Waals surface area contributed by atoms with Gasteiger partial charge in [-0.25, -0.2) is 4.98 Å². The molecule has 1 N–H and O–H groups in total. The summed E-state index contributed by atoms with van der Waals surface area (Å²) in [6.07, 6.45) is 7.64. The molecule has 2 aromatic heterocycles. The average Bonchev–Trinajstić information content (AvgIpc) is 3.19. The molecular weight excluding hydrogens is 410 g/mol. The summed E-state index contributed by atoms with van der Waals surface area (Å²) in [6.45, 7) is 5.22. The summed E-state index contributed by atoms with van der Waals surface area (Å²) in [5.41, 5.74) is 5.27. The van der Waals surface area contributed by atoms with Crippen LogP contribution >= 0.6 is 0 Å². The number of likely N-dealkylation sites (tertiary alicyclic amines) is 1. The van der Waals surface area contributed by atoms with Crippen molar-refractivity contribution in [3.8, 4) is 11.1 Å². The van der Waals surface area contributed by atoms with Crippen LogP contribution in [0.25, 0.3) is 21.9 Å². The van der Waals surface area contributed by atoms with Gasteiger partial charge in [-0.15, -0.1) is 0 Å². The molecule has 2 aromatic carbocycles. The Morgan fingerprint density at radius 2 is 1.76 bits per heavy atom. The van der Waals surface area contributed by atoms with E-state index >= 15 is 0 Å². The fourth-order valence-corrected chi connectivity index (χ4v) is 4.49. The van der Waals surface area contributed by atoms with Gasteiger partial charge in [-0.2, -0.15) is 5.10 Å². The number of piperidine rings is 1. The monoisotopic (exact) mass is 439 g/mol. The first-order chi connectivity index (χ1) is 16.1. The van der Waals surface area contributed by atoms with Crippen molar-refractivity contribution < 1.29 is 4.79 Å². The van der Waals surface area contributed by atoms with Gasteiger partial charge in [0.2, 0.25) is 0 Å². The van der Waals surface area contributed by atoms with Crippen molar-refractivity contribution in [3.63, 3.8) is 0 Å². The third kappa shape index (κ3) is 4.66. The predicted molar refractivity (Wildman–Crippen MR) is 132 cm³/mol. The first-order valence-corrected chi connectivity index (χ1v) is 11.6. The number of anilines is 1. The van der Waals surface area contributed by atoms with Crippen LogP contribution in [-0.4, -0.2) is 38.7 Å². The second kappa shape index (κ2) is 9.16. The highest BCUT2D eigenvalue weighted by molar-refractivity contribution is 6.04. The summed E-state index contributed by atoms with van der Waals surface area (Å²) in [5, 5.41) is 9.55. The number of aromatic nitrogens is 3. The number of hydrogen-bond donors (Lipinski definition) is 1. The highest BCUT2D eigenvalue weighted by Crippen LogP contribution is 2.29. The maximum Gasteiger partial charge on any atom is 0.256 e. The molecule has 0 saturated carbocycles. The molecule has 1 saturated heterocycles. The number of fused-ring (bicyclic) bond motifs is 1. The van der Waals surface area contributed by atoms with Crippen molar-refractivity contribution in [2.24, 2.45) is 7.05 Å². The van der Waals surface area contributed by atoms with Crippen LogP contribution in [0.3, 0.4) is 0 Å². The summed E-state index contributed by atoms with van der Waals surface area (Å²) in [7, 11) is 2.02. The number of carbonyl (C=O) groups is 1. The van der Waals surface area contributed by atoms with Gasteiger partial charge < -0.3 is 5.32 Å². The number of benzene rings is 2. The third-order valence-electron chi connectivity index (χ3n) is 6.47. The van der Waals surface area contributed by atoms with Gasteiger partial charge in [-0.05, 0) is 68.1 Å². The van der Waals surface area contributed by atoms with E-state index in [1.165, 1.54) is 25.0 Å². The molecule has 6 heteroatoms. The second-order valence-electron chi connectivity index (χ2n) is 8.92. The smallest absolute Gasteiger partial charge is 0.256 e. The predicted octanol–water partition coefficient (Wildman–Crippen LogP) is 5.18. The Morgan fingerprint density at radius 1 is 0.970 bits per heavy atom. The van der Waals surface area contributed by atoms with Crippen LogP contribution in [0.15, 0.2) is 60.9 Å². The second-order valence-corrected chi connectivity index (χ2v) is 8.92. The molecule has 168 valence electrons. The Hall–Kier alpha value is -3.51. The van der Waals surface area contributed by atoms with Crippen molar-refractivity contribution in [2.45, 2.75) is 32.7 Å². The lowest BCUT2D eigenvalue weighted by Crippen LogP contribution is -2.30. The van der Waals surface area contributed by atoms with Gasteiger partial charge in [0.05, 0.1) is 11.9 Å². The molecule has 1 amide bonds. The Labute approximate surface area is 194 Å². The SMILES string of the molecule is Cc1ccc(C(=O)Nc2cc3cc(-c4cnn(C)c4CN4CCCCC4)ccc3cn2)cc1. The van der Waals surface area contributed by atoms with E-state index in [2.05, 4.69) is 38.5 Å². The quantitative estimate of drug-likeness (QED) is 0.465. The van der Waals surface area contributed by atoms with Crippen molar-refractivity contribution in [3.05, 3.63) is 77.7 Å². The van der Waals surface area contributed by atoms with Gasteiger partial charge in [0.15, 0.2) is 0 Å². The van der Waals surface area contributed by atoms with Crippen LogP contribution in [0.1, 0.15) is 40.9 Å². The van der Waals surface area contributed by atoms with Gasteiger partial charge in [-0.1, -0.05) is 36.2 Å². The number of rotatable bonds is 5. The molecule has 0 atom stereocenters. The molecule has 5 rings (SSSR count). The molecular formula is C27H29N5O. The zero-order chi connectivity index (χ0) is 22.8. The number of nitrogens with one attached hydrogen (secondary N) is 1. The molecule has 0 bridgehead atoms. The van der Waals surface area contributed by atoms with Crippen LogP contribution in [0.5, 0.6) is 0 Å². The van der Waals surface area contributed by atoms with E-state index in [4.69, 9.17) is 0 Å². The topological polar surface area (TPSA) is 63.1 Å². The van der Waals surface area contributed by atoms with E-state index in [9.17, 15) is 4.79 Å². The van der Waals surface area contributed by atoms with Gasteiger partial charge in [0, 0.05) is 36.3 Å². The number of hydrogen-bond acceptors (Lipinski definition) is 4. The molecule has 0 radical (unpaired) electrons. The molecule has 0 unspecified atom stereocenters. The normalized spacial score (nSPS) is 14.5. The van der Waals surface area contributed by atoms with Crippen LogP contribution in [0, 0.1) is 6.92 Å². The molecule has 1 aliphatic heterocycles. The molecule has 1 aliphatic rings. The van der Waals surface area contributed by atoms with Crippen LogP contribution in [-0.2, 0) is 13.6 Å². The number of carbonyl (C=O) groups excluding carboxylic acids is 1. The minimum absolute atomic E-state index is 0.158. The Morgan fingerprint density at radius 3 is 2.55 bits per heavy atom. The molecule has 33 heavy (non-hydrogen) atoms. The molecule has 1 fully saturated rings. The first-order valence-electron chi connectivity index (χ1n) is 11.6. The Bertz CT molecular complexity index is 1290. The number of aryl methyl sites for hydroxylation is 2. The van der Waals surface area contributed by atoms with E-state index in [1.807, 2.05) is 61.4 Å². The molecule has 3 heterocycles. The lowest BCUT2D eigenvalue weighted by atomic mass is 10.0. The van der Waals surface area contributed by atoms with E-state index in [0.29, 0.717) is 11.4 Å². The zero-order valence-corrected chi connectivity index (χ0v) is 19.2. The van der Waals surface area contributed by atoms with Crippen molar-refractivity contribution in [2.75, 3.05) is 18.4 Å². The van der Waals surface area contributed by atoms with Crippen LogP contribution in [0.2, 0.25) is 0 Å². The summed E-state index contributed by atoms with van der Waals surface area (Å²) < 4.78 is 1.99. The third-order valence-corrected chi connectivity index (χ3v) is 6.47. The highest BCUT2D eigenvalue weighted by Gasteiger charge is 2.17. The van der Waals surface area contributed by atoms with Crippen molar-refractivity contribution >= 4 is 22.5 Å². The van der Waals surface area contributed by atoms with Gasteiger partial charge in [0.1, 0.15) is 5.82 Å². The molecule has 0 spiro atoms.